The van der Waals surface area contributed by atoms with Crippen molar-refractivity contribution in [2.45, 2.75) is 57.5 Å². The van der Waals surface area contributed by atoms with Gasteiger partial charge in [0.1, 0.15) is 18.4 Å². The molecule has 0 bridgehead atoms. The van der Waals surface area contributed by atoms with Crippen LogP contribution in [-0.2, 0) is 0 Å². The zero-order valence-corrected chi connectivity index (χ0v) is 21.1. The van der Waals surface area contributed by atoms with Crippen LogP contribution in [0.5, 0.6) is 0 Å². The van der Waals surface area contributed by atoms with E-state index in [0.29, 0.717) is 38.7 Å². The largest absolute Gasteiger partial charge is 0.370 e. The number of piperidine rings is 1. The second-order valence-electron chi connectivity index (χ2n) is 10.3. The molecule has 188 valence electrons. The monoisotopic (exact) mass is 485 g/mol. The SMILES string of the molecule is CCC1=CC(C)=NC(N2CC3(CN(C)C[C@@H]3F)C2)C1N=C(N)NC1CCN(S(C)(O)O)CC1. The van der Waals surface area contributed by atoms with Crippen LogP contribution in [0.4, 0.5) is 4.39 Å². The molecule has 11 heteroatoms. The van der Waals surface area contributed by atoms with Gasteiger partial charge in [0, 0.05) is 62.7 Å². The molecule has 0 aromatic carbocycles. The van der Waals surface area contributed by atoms with Gasteiger partial charge in [-0.3, -0.25) is 19.0 Å². The van der Waals surface area contributed by atoms with Crippen LogP contribution in [0.1, 0.15) is 33.1 Å². The van der Waals surface area contributed by atoms with Crippen molar-refractivity contribution < 1.29 is 13.5 Å². The number of likely N-dealkylation sites (tertiary alicyclic amines) is 2. The van der Waals surface area contributed by atoms with Crippen molar-refractivity contribution >= 4 is 22.4 Å². The van der Waals surface area contributed by atoms with E-state index in [1.807, 2.05) is 14.0 Å². The number of hydrogen-bond donors (Lipinski definition) is 4. The second kappa shape index (κ2) is 9.43. The molecule has 9 nitrogen and oxygen atoms in total. The van der Waals surface area contributed by atoms with Crippen molar-refractivity contribution in [2.75, 3.05) is 52.6 Å². The molecule has 3 saturated heterocycles. The van der Waals surface area contributed by atoms with Crippen LogP contribution in [0.2, 0.25) is 0 Å². The highest BCUT2D eigenvalue weighted by atomic mass is 32.3. The fourth-order valence-electron chi connectivity index (χ4n) is 5.76. The summed E-state index contributed by atoms with van der Waals surface area (Å²) in [7, 11) is -0.676. The summed E-state index contributed by atoms with van der Waals surface area (Å²) in [5.41, 5.74) is 8.23. The first-order valence-electron chi connectivity index (χ1n) is 11.9. The first-order chi connectivity index (χ1) is 15.5. The lowest BCUT2D eigenvalue weighted by molar-refractivity contribution is -0.0590. The average Bonchev–Trinajstić information content (AvgIpc) is 3.01. The molecule has 2 unspecified atom stereocenters. The fraction of sp³-hybridized carbons (Fsp3) is 0.818. The zero-order valence-electron chi connectivity index (χ0n) is 20.2. The molecule has 3 atom stereocenters. The summed E-state index contributed by atoms with van der Waals surface area (Å²) in [6.45, 7) is 8.01. The molecule has 33 heavy (non-hydrogen) atoms. The van der Waals surface area contributed by atoms with Crippen LogP contribution in [0.3, 0.4) is 0 Å². The third kappa shape index (κ3) is 5.23. The zero-order chi connectivity index (χ0) is 24.0. The van der Waals surface area contributed by atoms with Crippen LogP contribution in [0, 0.1) is 5.41 Å². The lowest BCUT2D eigenvalue weighted by Gasteiger charge is -2.52. The molecular formula is C22H40FN7O2S. The van der Waals surface area contributed by atoms with E-state index in [9.17, 15) is 13.5 Å². The number of halogens is 1. The van der Waals surface area contributed by atoms with Crippen molar-refractivity contribution in [1.82, 2.24) is 19.4 Å². The summed E-state index contributed by atoms with van der Waals surface area (Å²) in [4.78, 5) is 14.1. The van der Waals surface area contributed by atoms with Gasteiger partial charge in [-0.05, 0) is 44.9 Å². The van der Waals surface area contributed by atoms with Crippen molar-refractivity contribution in [3.8, 4) is 0 Å². The Morgan fingerprint density at radius 2 is 2.00 bits per heavy atom. The van der Waals surface area contributed by atoms with Crippen molar-refractivity contribution in [3.05, 3.63) is 11.6 Å². The summed E-state index contributed by atoms with van der Waals surface area (Å²) in [6, 6.07) is -0.0508. The first kappa shape index (κ1) is 24.9. The Bertz CT molecular complexity index is 816. The summed E-state index contributed by atoms with van der Waals surface area (Å²) >= 11 is 0. The molecule has 0 saturated carbocycles. The number of allylic oxidation sites excluding steroid dienone is 1. The van der Waals surface area contributed by atoms with Crippen molar-refractivity contribution in [3.63, 3.8) is 0 Å². The van der Waals surface area contributed by atoms with E-state index in [-0.39, 0.29) is 23.7 Å². The van der Waals surface area contributed by atoms with E-state index in [0.717, 1.165) is 31.5 Å². The van der Waals surface area contributed by atoms with E-state index in [1.165, 1.54) is 11.8 Å². The van der Waals surface area contributed by atoms with Crippen LogP contribution >= 0.6 is 10.8 Å². The molecule has 5 N–H and O–H groups in total. The van der Waals surface area contributed by atoms with Crippen molar-refractivity contribution in [1.29, 1.82) is 0 Å². The summed E-state index contributed by atoms with van der Waals surface area (Å²) < 4.78 is 36.2. The maximum Gasteiger partial charge on any atom is 0.189 e. The molecule has 4 aliphatic heterocycles. The second-order valence-corrected chi connectivity index (χ2v) is 12.4. The molecular weight excluding hydrogens is 445 g/mol. The van der Waals surface area contributed by atoms with E-state index >= 15 is 0 Å². The number of alkyl halides is 1. The van der Waals surface area contributed by atoms with Crippen LogP contribution in [0.15, 0.2) is 21.6 Å². The number of hydrogen-bond acceptors (Lipinski definition) is 7. The van der Waals surface area contributed by atoms with E-state index in [1.54, 1.807) is 4.31 Å². The number of guanidine groups is 1. The maximum atomic E-state index is 14.7. The topological polar surface area (TPSA) is 113 Å². The summed E-state index contributed by atoms with van der Waals surface area (Å²) in [6.07, 6.45) is 4.99. The fourth-order valence-corrected chi connectivity index (χ4v) is 6.66. The highest BCUT2D eigenvalue weighted by molar-refractivity contribution is 8.21. The lowest BCUT2D eigenvalue weighted by Crippen LogP contribution is -2.66. The van der Waals surface area contributed by atoms with Gasteiger partial charge < -0.3 is 16.0 Å². The lowest BCUT2D eigenvalue weighted by atomic mass is 9.76. The highest BCUT2D eigenvalue weighted by Crippen LogP contribution is 2.44. The number of rotatable bonds is 5. The number of dihydropyridines is 1. The predicted molar refractivity (Wildman–Crippen MR) is 134 cm³/mol. The Balaban J connectivity index is 1.43. The molecule has 0 aromatic rings. The molecule has 4 heterocycles. The van der Waals surface area contributed by atoms with E-state index in [4.69, 9.17) is 15.7 Å². The quantitative estimate of drug-likeness (QED) is 0.347. The van der Waals surface area contributed by atoms with Gasteiger partial charge >= 0.3 is 0 Å². The van der Waals surface area contributed by atoms with Gasteiger partial charge in [-0.2, -0.15) is 0 Å². The van der Waals surface area contributed by atoms with Crippen molar-refractivity contribution in [2.24, 2.45) is 21.1 Å². The van der Waals surface area contributed by atoms with Gasteiger partial charge in [0.15, 0.2) is 5.96 Å². The highest BCUT2D eigenvalue weighted by Gasteiger charge is 2.56. The normalized spacial score (nSPS) is 33.1. The molecule has 0 aromatic heterocycles. The number of nitrogens with zero attached hydrogens (tertiary/aromatic N) is 5. The van der Waals surface area contributed by atoms with Gasteiger partial charge in [0.2, 0.25) is 0 Å². The first-order valence-corrected chi connectivity index (χ1v) is 13.8. The third-order valence-corrected chi connectivity index (χ3v) is 8.85. The maximum absolute atomic E-state index is 14.7. The van der Waals surface area contributed by atoms with Gasteiger partial charge in [0.25, 0.3) is 0 Å². The van der Waals surface area contributed by atoms with Gasteiger partial charge in [-0.25, -0.2) is 13.7 Å². The third-order valence-electron chi connectivity index (χ3n) is 7.51. The molecule has 0 radical (unpaired) electrons. The van der Waals surface area contributed by atoms with Crippen LogP contribution in [-0.4, -0.2) is 112 Å². The average molecular weight is 486 g/mol. The minimum atomic E-state index is -2.66. The molecule has 0 amide bonds. The molecule has 3 fully saturated rings. The Morgan fingerprint density at radius 1 is 1.33 bits per heavy atom. The standard InChI is InChI=1S/C22H40FN7O2S/c1-5-16-10-15(2)25-20(29-13-22(14-29)12-28(3)11-18(22)23)19(16)27-21(24)26-17-6-8-30(9-7-17)33(4,31)32/h10,17-20,31-32H,5-9,11-14H2,1-4H3,(H3,24,26,27)/t18-,19?,20?/m0/s1. The van der Waals surface area contributed by atoms with E-state index < -0.39 is 16.9 Å². The summed E-state index contributed by atoms with van der Waals surface area (Å²) in [5, 5.41) is 3.34. The minimum absolute atomic E-state index is 0.140. The van der Waals surface area contributed by atoms with Gasteiger partial charge in [-0.15, -0.1) is 10.8 Å². The van der Waals surface area contributed by atoms with E-state index in [2.05, 4.69) is 28.1 Å². The molecule has 1 spiro atoms. The Morgan fingerprint density at radius 3 is 2.55 bits per heavy atom. The van der Waals surface area contributed by atoms with Crippen LogP contribution in [0.25, 0.3) is 0 Å². The van der Waals surface area contributed by atoms with Gasteiger partial charge in [-0.1, -0.05) is 6.92 Å². The Kier molecular flexibility index (Phi) is 7.10. The summed E-state index contributed by atoms with van der Waals surface area (Å²) in [5.74, 6) is 0.389. The Labute approximate surface area is 198 Å². The van der Waals surface area contributed by atoms with Gasteiger partial charge in [0.05, 0.1) is 0 Å². The van der Waals surface area contributed by atoms with Crippen LogP contribution < -0.4 is 11.1 Å². The number of nitrogens with one attached hydrogen (secondary N) is 1. The smallest absolute Gasteiger partial charge is 0.189 e. The molecule has 0 aliphatic carbocycles. The number of nitrogens with two attached hydrogens (primary N) is 1. The predicted octanol–water partition coefficient (Wildman–Crippen LogP) is 1.74. The number of aliphatic imine (C=N–C) groups is 2. The molecule has 4 aliphatic rings. The molecule has 4 rings (SSSR count). The minimum Gasteiger partial charge on any atom is -0.370 e. The Hall–Kier alpha value is -1.24.